The summed E-state index contributed by atoms with van der Waals surface area (Å²) in [5.74, 6) is -0.729. The van der Waals surface area contributed by atoms with Crippen molar-refractivity contribution in [3.05, 3.63) is 34.9 Å². The van der Waals surface area contributed by atoms with Crippen molar-refractivity contribution in [2.24, 2.45) is 5.41 Å². The van der Waals surface area contributed by atoms with Gasteiger partial charge in [0.1, 0.15) is 0 Å². The highest BCUT2D eigenvalue weighted by Gasteiger charge is 2.33. The van der Waals surface area contributed by atoms with Crippen molar-refractivity contribution in [2.45, 2.75) is 52.2 Å². The molecular weight excluding hydrogens is 238 g/mol. The third-order valence-corrected chi connectivity index (χ3v) is 4.31. The highest BCUT2D eigenvalue weighted by molar-refractivity contribution is 5.74. The van der Waals surface area contributed by atoms with Crippen LogP contribution in [-0.4, -0.2) is 22.0 Å². The third kappa shape index (κ3) is 2.52. The molecule has 2 aliphatic rings. The highest BCUT2D eigenvalue weighted by Crippen LogP contribution is 2.35. The molecule has 0 saturated heterocycles. The van der Waals surface area contributed by atoms with E-state index in [-0.39, 0.29) is 0 Å². The molecule has 3 rings (SSSR count). The Balaban J connectivity index is 1.76. The standard InChI is InChI=1S/C16H21NO2/c1-16(2,15(18)19)8-11-3-4-12-9-17(14-5-6-14)10-13(12)7-11/h3-4,7,14H,5-6,8-10H2,1-2H3,(H,18,19). The molecule has 0 unspecified atom stereocenters. The maximum Gasteiger partial charge on any atom is 0.309 e. The second-order valence-electron chi connectivity index (χ2n) is 6.61. The smallest absolute Gasteiger partial charge is 0.309 e. The molecular formula is C16H21NO2. The molecule has 1 aliphatic carbocycles. The molecule has 1 aliphatic heterocycles. The van der Waals surface area contributed by atoms with Crippen molar-refractivity contribution in [3.8, 4) is 0 Å². The molecule has 102 valence electrons. The van der Waals surface area contributed by atoms with E-state index in [1.165, 1.54) is 24.0 Å². The Labute approximate surface area is 114 Å². The molecule has 0 radical (unpaired) electrons. The summed E-state index contributed by atoms with van der Waals surface area (Å²) in [6, 6.07) is 7.29. The van der Waals surface area contributed by atoms with Crippen LogP contribution in [0.5, 0.6) is 0 Å². The van der Waals surface area contributed by atoms with E-state index < -0.39 is 11.4 Å². The molecule has 1 fully saturated rings. The zero-order valence-corrected chi connectivity index (χ0v) is 11.6. The van der Waals surface area contributed by atoms with Crippen molar-refractivity contribution >= 4 is 5.97 Å². The van der Waals surface area contributed by atoms with Gasteiger partial charge in [-0.2, -0.15) is 0 Å². The molecule has 3 heteroatoms. The van der Waals surface area contributed by atoms with Gasteiger partial charge in [-0.25, -0.2) is 0 Å². The Bertz CT molecular complexity index is 517. The fraction of sp³-hybridized carbons (Fsp3) is 0.562. The first-order valence-electron chi connectivity index (χ1n) is 7.04. The molecule has 0 atom stereocenters. The summed E-state index contributed by atoms with van der Waals surface area (Å²) >= 11 is 0. The van der Waals surface area contributed by atoms with Crippen molar-refractivity contribution < 1.29 is 9.90 Å². The van der Waals surface area contributed by atoms with Gasteiger partial charge in [0.25, 0.3) is 0 Å². The van der Waals surface area contributed by atoms with Crippen LogP contribution in [0.1, 0.15) is 43.4 Å². The summed E-state index contributed by atoms with van der Waals surface area (Å²) < 4.78 is 0. The van der Waals surface area contributed by atoms with Crippen LogP contribution in [-0.2, 0) is 24.3 Å². The maximum absolute atomic E-state index is 11.2. The predicted octanol–water partition coefficient (Wildman–Crippen LogP) is 2.82. The van der Waals surface area contributed by atoms with Gasteiger partial charge in [-0.15, -0.1) is 0 Å². The van der Waals surface area contributed by atoms with Crippen molar-refractivity contribution in [1.29, 1.82) is 0 Å². The zero-order chi connectivity index (χ0) is 13.6. The minimum absolute atomic E-state index is 0.596. The van der Waals surface area contributed by atoms with Gasteiger partial charge in [0.15, 0.2) is 0 Å². The summed E-state index contributed by atoms with van der Waals surface area (Å²) in [5, 5.41) is 9.21. The van der Waals surface area contributed by atoms with E-state index in [1.54, 1.807) is 13.8 Å². The van der Waals surface area contributed by atoms with Crippen molar-refractivity contribution in [3.63, 3.8) is 0 Å². The lowest BCUT2D eigenvalue weighted by Gasteiger charge is -2.19. The highest BCUT2D eigenvalue weighted by atomic mass is 16.4. The second kappa shape index (κ2) is 4.34. The maximum atomic E-state index is 11.2. The summed E-state index contributed by atoms with van der Waals surface area (Å²) in [4.78, 5) is 13.7. The molecule has 0 bridgehead atoms. The topological polar surface area (TPSA) is 40.5 Å². The van der Waals surface area contributed by atoms with Gasteiger partial charge in [-0.3, -0.25) is 9.69 Å². The van der Waals surface area contributed by atoms with Crippen molar-refractivity contribution in [1.82, 2.24) is 4.90 Å². The molecule has 0 amide bonds. The fourth-order valence-electron chi connectivity index (χ4n) is 2.87. The van der Waals surface area contributed by atoms with Crippen LogP contribution in [0.15, 0.2) is 18.2 Å². The van der Waals surface area contributed by atoms with Gasteiger partial charge in [-0.05, 0) is 49.8 Å². The van der Waals surface area contributed by atoms with E-state index in [1.807, 2.05) is 0 Å². The van der Waals surface area contributed by atoms with Crippen LogP contribution in [0.2, 0.25) is 0 Å². The van der Waals surface area contributed by atoms with Gasteiger partial charge in [0.2, 0.25) is 0 Å². The molecule has 19 heavy (non-hydrogen) atoms. The van der Waals surface area contributed by atoms with E-state index in [2.05, 4.69) is 23.1 Å². The normalized spacial score (nSPS) is 19.5. The number of fused-ring (bicyclic) bond motifs is 1. The molecule has 1 heterocycles. The lowest BCUT2D eigenvalue weighted by molar-refractivity contribution is -0.146. The molecule has 1 aromatic rings. The van der Waals surface area contributed by atoms with Crippen LogP contribution < -0.4 is 0 Å². The number of carboxylic acid groups (broad SMARTS) is 1. The molecule has 1 saturated carbocycles. The number of rotatable bonds is 4. The Morgan fingerprint density at radius 1 is 1.32 bits per heavy atom. The summed E-state index contributed by atoms with van der Waals surface area (Å²) in [6.45, 7) is 5.70. The van der Waals surface area contributed by atoms with Gasteiger partial charge in [0, 0.05) is 19.1 Å². The van der Waals surface area contributed by atoms with Crippen LogP contribution in [0, 0.1) is 5.41 Å². The summed E-state index contributed by atoms with van der Waals surface area (Å²) in [6.07, 6.45) is 3.28. The van der Waals surface area contributed by atoms with Gasteiger partial charge < -0.3 is 5.11 Å². The molecule has 0 spiro atoms. The van der Waals surface area contributed by atoms with Gasteiger partial charge in [0.05, 0.1) is 5.41 Å². The number of carboxylic acids is 1. The molecule has 1 N–H and O–H groups in total. The average Bonchev–Trinajstić information content (AvgIpc) is 3.09. The van der Waals surface area contributed by atoms with E-state index in [0.29, 0.717) is 6.42 Å². The minimum Gasteiger partial charge on any atom is -0.481 e. The number of nitrogens with zero attached hydrogens (tertiary/aromatic N) is 1. The lowest BCUT2D eigenvalue weighted by Crippen LogP contribution is -2.26. The van der Waals surface area contributed by atoms with Crippen LogP contribution in [0.25, 0.3) is 0 Å². The van der Waals surface area contributed by atoms with Gasteiger partial charge >= 0.3 is 5.97 Å². The first-order chi connectivity index (χ1) is 8.95. The second-order valence-corrected chi connectivity index (χ2v) is 6.61. The van der Waals surface area contributed by atoms with Crippen LogP contribution in [0.4, 0.5) is 0 Å². The third-order valence-electron chi connectivity index (χ3n) is 4.31. The van der Waals surface area contributed by atoms with Gasteiger partial charge in [-0.1, -0.05) is 18.2 Å². The fourth-order valence-corrected chi connectivity index (χ4v) is 2.87. The van der Waals surface area contributed by atoms with E-state index in [4.69, 9.17) is 0 Å². The molecule has 1 aromatic carbocycles. The lowest BCUT2D eigenvalue weighted by atomic mass is 9.85. The number of aliphatic carboxylic acids is 1. The first kappa shape index (κ1) is 12.7. The monoisotopic (exact) mass is 259 g/mol. The van der Waals surface area contributed by atoms with E-state index >= 15 is 0 Å². The summed E-state index contributed by atoms with van der Waals surface area (Å²) in [7, 11) is 0. The number of hydrogen-bond donors (Lipinski definition) is 1. The largest absolute Gasteiger partial charge is 0.481 e. The molecule has 0 aromatic heterocycles. The number of hydrogen-bond acceptors (Lipinski definition) is 2. The quantitative estimate of drug-likeness (QED) is 0.904. The predicted molar refractivity (Wildman–Crippen MR) is 73.8 cm³/mol. The first-order valence-corrected chi connectivity index (χ1v) is 7.04. The van der Waals surface area contributed by atoms with E-state index in [0.717, 1.165) is 24.7 Å². The Morgan fingerprint density at radius 2 is 2.00 bits per heavy atom. The Kier molecular flexibility index (Phi) is 2.90. The number of benzene rings is 1. The Morgan fingerprint density at radius 3 is 2.63 bits per heavy atom. The SMILES string of the molecule is CC(C)(Cc1ccc2c(c1)CN(C1CC1)C2)C(=O)O. The van der Waals surface area contributed by atoms with Crippen LogP contribution in [0.3, 0.4) is 0 Å². The minimum atomic E-state index is -0.729. The van der Waals surface area contributed by atoms with E-state index in [9.17, 15) is 9.90 Å². The summed E-state index contributed by atoms with van der Waals surface area (Å²) in [5.41, 5.74) is 3.27. The zero-order valence-electron chi connectivity index (χ0n) is 11.6. The van der Waals surface area contributed by atoms with Crippen molar-refractivity contribution in [2.75, 3.05) is 0 Å². The molecule has 3 nitrogen and oxygen atoms in total. The number of carbonyl (C=O) groups is 1. The Hall–Kier alpha value is -1.35. The van der Waals surface area contributed by atoms with Crippen LogP contribution >= 0.6 is 0 Å². The average molecular weight is 259 g/mol.